The summed E-state index contributed by atoms with van der Waals surface area (Å²) in [7, 11) is 0. The van der Waals surface area contributed by atoms with Gasteiger partial charge in [-0.05, 0) is 19.3 Å². The van der Waals surface area contributed by atoms with Gasteiger partial charge < -0.3 is 14.7 Å². The van der Waals surface area contributed by atoms with Crippen LogP contribution in [0.1, 0.15) is 40.5 Å². The molecule has 0 saturated carbocycles. The number of ether oxygens (including phenoxy) is 1. The van der Waals surface area contributed by atoms with Crippen LogP contribution in [0.15, 0.2) is 0 Å². The van der Waals surface area contributed by atoms with E-state index in [0.717, 1.165) is 12.8 Å². The molecule has 0 aliphatic rings. The second kappa shape index (κ2) is 8.91. The number of carbonyl (C=O) groups excluding carboxylic acids is 1. The molecule has 106 valence electrons. The summed E-state index contributed by atoms with van der Waals surface area (Å²) < 4.78 is 5.40. The number of hydrogen-bond donors (Lipinski definition) is 1. The Bertz CT molecular complexity index is 266. The van der Waals surface area contributed by atoms with Crippen molar-refractivity contribution < 1.29 is 19.4 Å². The van der Waals surface area contributed by atoms with E-state index >= 15 is 0 Å². The van der Waals surface area contributed by atoms with Gasteiger partial charge in [0.1, 0.15) is 12.6 Å². The molecule has 0 spiro atoms. The summed E-state index contributed by atoms with van der Waals surface area (Å²) in [6.45, 7) is 8.32. The van der Waals surface area contributed by atoms with E-state index in [1.807, 2.05) is 20.8 Å². The molecule has 0 rings (SSSR count). The normalized spacial score (nSPS) is 12.5. The van der Waals surface area contributed by atoms with Gasteiger partial charge in [-0.3, -0.25) is 9.59 Å². The molecular weight excluding hydrogens is 234 g/mol. The highest BCUT2D eigenvalue weighted by Crippen LogP contribution is 2.05. The van der Waals surface area contributed by atoms with Crippen LogP contribution in [0.2, 0.25) is 0 Å². The third kappa shape index (κ3) is 7.27. The van der Waals surface area contributed by atoms with Gasteiger partial charge in [0.25, 0.3) is 5.91 Å². The van der Waals surface area contributed by atoms with Gasteiger partial charge in [0, 0.05) is 13.2 Å². The number of hydrogen-bond acceptors (Lipinski definition) is 3. The fourth-order valence-corrected chi connectivity index (χ4v) is 1.57. The maximum Gasteiger partial charge on any atom is 0.323 e. The Kier molecular flexibility index (Phi) is 8.37. The number of unbranched alkanes of at least 4 members (excludes halogenated alkanes) is 1. The van der Waals surface area contributed by atoms with Crippen LogP contribution >= 0.6 is 0 Å². The van der Waals surface area contributed by atoms with Crippen LogP contribution in [0, 0.1) is 5.92 Å². The molecule has 1 N–H and O–H groups in total. The average molecular weight is 259 g/mol. The number of carboxylic acid groups (broad SMARTS) is 1. The van der Waals surface area contributed by atoms with Crippen molar-refractivity contribution in [3.63, 3.8) is 0 Å². The Balaban J connectivity index is 4.38. The molecule has 0 bridgehead atoms. The average Bonchev–Trinajstić information content (AvgIpc) is 2.26. The first-order valence-electron chi connectivity index (χ1n) is 6.50. The topological polar surface area (TPSA) is 66.8 Å². The Morgan fingerprint density at radius 3 is 2.33 bits per heavy atom. The lowest BCUT2D eigenvalue weighted by Crippen LogP contribution is -2.43. The zero-order chi connectivity index (χ0) is 14.1. The zero-order valence-corrected chi connectivity index (χ0v) is 11.8. The lowest BCUT2D eigenvalue weighted by atomic mass is 10.2. The van der Waals surface area contributed by atoms with Crippen molar-refractivity contribution in [1.29, 1.82) is 0 Å². The number of aliphatic carboxylic acids is 1. The van der Waals surface area contributed by atoms with E-state index in [1.165, 1.54) is 4.90 Å². The molecule has 1 unspecified atom stereocenters. The molecule has 5 heteroatoms. The zero-order valence-electron chi connectivity index (χ0n) is 11.8. The molecule has 1 amide bonds. The van der Waals surface area contributed by atoms with Crippen LogP contribution < -0.4 is 0 Å². The largest absolute Gasteiger partial charge is 0.480 e. The summed E-state index contributed by atoms with van der Waals surface area (Å²) in [6, 6.07) is 0. The lowest BCUT2D eigenvalue weighted by molar-refractivity contribution is -0.150. The minimum atomic E-state index is -0.996. The van der Waals surface area contributed by atoms with Gasteiger partial charge in [-0.25, -0.2) is 0 Å². The van der Waals surface area contributed by atoms with Crippen molar-refractivity contribution in [3.05, 3.63) is 0 Å². The fraction of sp³-hybridized carbons (Fsp3) is 0.846. The van der Waals surface area contributed by atoms with Gasteiger partial charge in [-0.2, -0.15) is 0 Å². The Morgan fingerprint density at radius 1 is 1.28 bits per heavy atom. The van der Waals surface area contributed by atoms with Gasteiger partial charge in [0.05, 0.1) is 0 Å². The molecule has 0 radical (unpaired) electrons. The van der Waals surface area contributed by atoms with Crippen LogP contribution in [0.3, 0.4) is 0 Å². The van der Waals surface area contributed by atoms with Crippen molar-refractivity contribution in [2.45, 2.75) is 46.6 Å². The van der Waals surface area contributed by atoms with Gasteiger partial charge >= 0.3 is 5.97 Å². The van der Waals surface area contributed by atoms with Crippen molar-refractivity contribution in [1.82, 2.24) is 4.90 Å². The van der Waals surface area contributed by atoms with Gasteiger partial charge in [-0.1, -0.05) is 27.2 Å². The highest BCUT2D eigenvalue weighted by Gasteiger charge is 2.23. The summed E-state index contributed by atoms with van der Waals surface area (Å²) in [5.74, 6) is -1.01. The number of nitrogens with zero attached hydrogens (tertiary/aromatic N) is 1. The molecule has 0 saturated heterocycles. The standard InChI is InChI=1S/C13H25NO4/c1-5-6-7-18-11(4)13(17)14(8-10(2)3)9-12(15)16/h10-11H,5-9H2,1-4H3,(H,15,16). The van der Waals surface area contributed by atoms with E-state index in [1.54, 1.807) is 6.92 Å². The monoisotopic (exact) mass is 259 g/mol. The minimum Gasteiger partial charge on any atom is -0.480 e. The predicted molar refractivity (Wildman–Crippen MR) is 69.4 cm³/mol. The molecule has 1 atom stereocenters. The Labute approximate surface area is 109 Å². The lowest BCUT2D eigenvalue weighted by Gasteiger charge is -2.25. The van der Waals surface area contributed by atoms with E-state index in [-0.39, 0.29) is 18.4 Å². The highest BCUT2D eigenvalue weighted by molar-refractivity contribution is 5.84. The van der Waals surface area contributed by atoms with Crippen LogP contribution in [-0.4, -0.2) is 47.7 Å². The number of carboxylic acids is 1. The van der Waals surface area contributed by atoms with Crippen molar-refractivity contribution in [2.75, 3.05) is 19.7 Å². The van der Waals surface area contributed by atoms with E-state index < -0.39 is 12.1 Å². The second-order valence-corrected chi connectivity index (χ2v) is 4.87. The fourth-order valence-electron chi connectivity index (χ4n) is 1.57. The molecule has 0 aliphatic carbocycles. The summed E-state index contributed by atoms with van der Waals surface area (Å²) in [6.07, 6.45) is 1.33. The Hall–Kier alpha value is -1.10. The number of carbonyl (C=O) groups is 2. The van der Waals surface area contributed by atoms with E-state index in [4.69, 9.17) is 9.84 Å². The predicted octanol–water partition coefficient (Wildman–Crippen LogP) is 1.76. The molecule has 18 heavy (non-hydrogen) atoms. The molecule has 0 aromatic heterocycles. The molecule has 0 aliphatic heterocycles. The van der Waals surface area contributed by atoms with Crippen LogP contribution in [-0.2, 0) is 14.3 Å². The summed E-state index contributed by atoms with van der Waals surface area (Å²) in [4.78, 5) is 24.1. The smallest absolute Gasteiger partial charge is 0.323 e. The van der Waals surface area contributed by atoms with Crippen molar-refractivity contribution >= 4 is 11.9 Å². The molecular formula is C13H25NO4. The van der Waals surface area contributed by atoms with Crippen LogP contribution in [0.5, 0.6) is 0 Å². The van der Waals surface area contributed by atoms with Gasteiger partial charge in [-0.15, -0.1) is 0 Å². The Morgan fingerprint density at radius 2 is 1.89 bits per heavy atom. The van der Waals surface area contributed by atoms with Gasteiger partial charge in [0.2, 0.25) is 0 Å². The van der Waals surface area contributed by atoms with Gasteiger partial charge in [0.15, 0.2) is 0 Å². The first kappa shape index (κ1) is 16.9. The number of rotatable bonds is 9. The molecule has 0 heterocycles. The summed E-state index contributed by atoms with van der Waals surface area (Å²) in [5.41, 5.74) is 0. The summed E-state index contributed by atoms with van der Waals surface area (Å²) >= 11 is 0. The maximum atomic E-state index is 12.0. The van der Waals surface area contributed by atoms with E-state index in [0.29, 0.717) is 13.2 Å². The third-order valence-electron chi connectivity index (χ3n) is 2.44. The summed E-state index contributed by atoms with van der Waals surface area (Å²) in [5, 5.41) is 8.81. The maximum absolute atomic E-state index is 12.0. The minimum absolute atomic E-state index is 0.233. The third-order valence-corrected chi connectivity index (χ3v) is 2.44. The SMILES string of the molecule is CCCCOC(C)C(=O)N(CC(=O)O)CC(C)C. The first-order valence-corrected chi connectivity index (χ1v) is 6.50. The molecule has 5 nitrogen and oxygen atoms in total. The van der Waals surface area contributed by atoms with Crippen LogP contribution in [0.25, 0.3) is 0 Å². The van der Waals surface area contributed by atoms with E-state index in [2.05, 4.69) is 0 Å². The second-order valence-electron chi connectivity index (χ2n) is 4.87. The molecule has 0 fully saturated rings. The number of amides is 1. The molecule has 0 aromatic rings. The highest BCUT2D eigenvalue weighted by atomic mass is 16.5. The van der Waals surface area contributed by atoms with Crippen LogP contribution in [0.4, 0.5) is 0 Å². The quantitative estimate of drug-likeness (QED) is 0.641. The molecule has 0 aromatic carbocycles. The van der Waals surface area contributed by atoms with E-state index in [9.17, 15) is 9.59 Å². The van der Waals surface area contributed by atoms with Crippen molar-refractivity contribution in [2.24, 2.45) is 5.92 Å². The first-order chi connectivity index (χ1) is 8.38. The van der Waals surface area contributed by atoms with Crippen molar-refractivity contribution in [3.8, 4) is 0 Å².